The van der Waals surface area contributed by atoms with E-state index in [2.05, 4.69) is 5.43 Å². The monoisotopic (exact) mass is 668 g/mol. The van der Waals surface area contributed by atoms with E-state index in [1.165, 1.54) is 33.5 Å². The van der Waals surface area contributed by atoms with Crippen LogP contribution in [0.4, 0.5) is 4.39 Å². The SMILES string of the molecule is COc1ccc(/C=C2\SC(c3ccc(F)cc3)N(NC(=O)c3ccc(-n4c(-c5ccc(C)cc5)nc5ccccc5c4=O)cc3)C2=O)cc1. The van der Waals surface area contributed by atoms with Gasteiger partial charge in [-0.3, -0.25) is 24.4 Å². The van der Waals surface area contributed by atoms with Gasteiger partial charge in [0, 0.05) is 11.1 Å². The maximum atomic E-state index is 13.8. The van der Waals surface area contributed by atoms with Crippen molar-refractivity contribution in [3.05, 3.63) is 165 Å². The van der Waals surface area contributed by atoms with E-state index in [-0.39, 0.29) is 11.1 Å². The molecule has 1 N–H and O–H groups in total. The van der Waals surface area contributed by atoms with Crippen LogP contribution < -0.4 is 15.7 Å². The predicted molar refractivity (Wildman–Crippen MR) is 190 cm³/mol. The summed E-state index contributed by atoms with van der Waals surface area (Å²) in [4.78, 5) is 46.4. The molecule has 0 radical (unpaired) electrons. The standard InChI is InChI=1S/C39H29FN4O4S/c1-24-7-11-26(12-8-24)35-41-33-6-4-3-5-32(33)37(46)43(35)30-19-15-27(16-20-30)36(45)42-44-38(47)34(23-25-9-21-31(48-2)22-10-25)49-39(44)28-13-17-29(40)18-14-28/h3-23,39H,1-2H3,(H,42,45)/b34-23-. The molecular formula is C39H29FN4O4S. The number of nitrogens with one attached hydrogen (secondary N) is 1. The van der Waals surface area contributed by atoms with E-state index in [1.807, 2.05) is 49.4 Å². The van der Waals surface area contributed by atoms with E-state index in [4.69, 9.17) is 9.72 Å². The second-order valence-corrected chi connectivity index (χ2v) is 12.5. The lowest BCUT2D eigenvalue weighted by molar-refractivity contribution is -0.128. The number of rotatable bonds is 7. The van der Waals surface area contributed by atoms with Crippen LogP contribution in [0, 0.1) is 12.7 Å². The van der Waals surface area contributed by atoms with Gasteiger partial charge in [-0.05, 0) is 84.8 Å². The lowest BCUT2D eigenvalue weighted by Crippen LogP contribution is -2.44. The summed E-state index contributed by atoms with van der Waals surface area (Å²) in [5.74, 6) is -0.185. The molecule has 1 fully saturated rings. The van der Waals surface area contributed by atoms with E-state index in [9.17, 15) is 18.8 Å². The molecule has 1 atom stereocenters. The van der Waals surface area contributed by atoms with Crippen molar-refractivity contribution in [2.24, 2.45) is 0 Å². The number of carbonyl (C=O) groups excluding carboxylic acids is 2. The zero-order valence-corrected chi connectivity index (χ0v) is 27.3. The van der Waals surface area contributed by atoms with Crippen LogP contribution in [0.3, 0.4) is 0 Å². The number of ether oxygens (including phenoxy) is 1. The Labute approximate surface area is 285 Å². The lowest BCUT2D eigenvalue weighted by Gasteiger charge is -2.24. The number of methoxy groups -OCH3 is 1. The summed E-state index contributed by atoms with van der Waals surface area (Å²) in [6, 6.07) is 34.6. The Morgan fingerprint density at radius 2 is 1.57 bits per heavy atom. The van der Waals surface area contributed by atoms with Gasteiger partial charge in [-0.1, -0.05) is 78.0 Å². The first-order valence-corrected chi connectivity index (χ1v) is 16.3. The average Bonchev–Trinajstić information content (AvgIpc) is 3.42. The second-order valence-electron chi connectivity index (χ2n) is 11.4. The summed E-state index contributed by atoms with van der Waals surface area (Å²) >= 11 is 1.25. The molecule has 1 aromatic heterocycles. The van der Waals surface area contributed by atoms with E-state index < -0.39 is 23.0 Å². The van der Waals surface area contributed by atoms with Gasteiger partial charge in [-0.2, -0.15) is 0 Å². The number of hydrogen-bond acceptors (Lipinski definition) is 6. The van der Waals surface area contributed by atoms with Crippen molar-refractivity contribution in [3.63, 3.8) is 0 Å². The molecule has 7 rings (SSSR count). The molecule has 0 saturated carbocycles. The highest BCUT2D eigenvalue weighted by atomic mass is 32.2. The molecule has 49 heavy (non-hydrogen) atoms. The summed E-state index contributed by atoms with van der Waals surface area (Å²) in [6.07, 6.45) is 1.74. The summed E-state index contributed by atoms with van der Waals surface area (Å²) in [5, 5.41) is 1.09. The summed E-state index contributed by atoms with van der Waals surface area (Å²) in [5.41, 5.74) is 7.17. The first kappa shape index (κ1) is 31.6. The number of halogens is 1. The van der Waals surface area contributed by atoms with Crippen LogP contribution in [-0.2, 0) is 4.79 Å². The molecule has 1 aliphatic rings. The number of hydrogen-bond donors (Lipinski definition) is 1. The van der Waals surface area contributed by atoms with Gasteiger partial charge in [0.05, 0.1) is 28.6 Å². The number of carbonyl (C=O) groups is 2. The van der Waals surface area contributed by atoms with E-state index in [1.54, 1.807) is 79.9 Å². The van der Waals surface area contributed by atoms with Crippen LogP contribution in [0.15, 0.2) is 131 Å². The zero-order chi connectivity index (χ0) is 34.1. The first-order valence-electron chi connectivity index (χ1n) is 15.4. The Bertz CT molecular complexity index is 2290. The third kappa shape index (κ3) is 6.33. The third-order valence-electron chi connectivity index (χ3n) is 8.17. The van der Waals surface area contributed by atoms with Crippen molar-refractivity contribution < 1.29 is 18.7 Å². The number of thioether (sulfide) groups is 1. The molecule has 1 aliphatic heterocycles. The zero-order valence-electron chi connectivity index (χ0n) is 26.5. The maximum absolute atomic E-state index is 13.8. The minimum atomic E-state index is -0.639. The van der Waals surface area contributed by atoms with Crippen LogP contribution in [-0.4, -0.2) is 33.5 Å². The van der Waals surface area contributed by atoms with Gasteiger partial charge in [0.1, 0.15) is 22.8 Å². The second kappa shape index (κ2) is 13.2. The van der Waals surface area contributed by atoms with Crippen molar-refractivity contribution in [3.8, 4) is 22.8 Å². The maximum Gasteiger partial charge on any atom is 0.280 e. The molecule has 2 amide bonds. The van der Waals surface area contributed by atoms with Crippen LogP contribution in [0.25, 0.3) is 34.1 Å². The Kier molecular flexibility index (Phi) is 8.54. The van der Waals surface area contributed by atoms with Gasteiger partial charge in [0.25, 0.3) is 17.4 Å². The highest BCUT2D eigenvalue weighted by Gasteiger charge is 2.38. The van der Waals surface area contributed by atoms with E-state index in [0.29, 0.717) is 38.6 Å². The smallest absolute Gasteiger partial charge is 0.280 e. The Hall–Kier alpha value is -6.00. The quantitative estimate of drug-likeness (QED) is 0.178. The lowest BCUT2D eigenvalue weighted by atomic mass is 10.1. The number of aromatic nitrogens is 2. The van der Waals surface area contributed by atoms with Gasteiger partial charge >= 0.3 is 0 Å². The number of aryl methyl sites for hydroxylation is 1. The molecule has 5 aromatic carbocycles. The van der Waals surface area contributed by atoms with Crippen LogP contribution in [0.5, 0.6) is 5.75 Å². The van der Waals surface area contributed by atoms with Crippen LogP contribution in [0.1, 0.15) is 32.4 Å². The fourth-order valence-corrected chi connectivity index (χ4v) is 6.75. The Balaban J connectivity index is 1.20. The normalized spacial score (nSPS) is 15.2. The molecular weight excluding hydrogens is 640 g/mol. The van der Waals surface area contributed by atoms with Gasteiger partial charge in [-0.15, -0.1) is 0 Å². The minimum absolute atomic E-state index is 0.239. The first-order chi connectivity index (χ1) is 23.8. The molecule has 1 unspecified atom stereocenters. The molecule has 0 spiro atoms. The van der Waals surface area contributed by atoms with Crippen molar-refractivity contribution in [2.45, 2.75) is 12.3 Å². The largest absolute Gasteiger partial charge is 0.497 e. The predicted octanol–water partition coefficient (Wildman–Crippen LogP) is 7.47. The molecule has 242 valence electrons. The third-order valence-corrected chi connectivity index (χ3v) is 9.42. The molecule has 0 bridgehead atoms. The average molecular weight is 669 g/mol. The topological polar surface area (TPSA) is 93.5 Å². The number of fused-ring (bicyclic) bond motifs is 1. The van der Waals surface area contributed by atoms with Crippen molar-refractivity contribution >= 4 is 40.6 Å². The van der Waals surface area contributed by atoms with Gasteiger partial charge in [0.15, 0.2) is 0 Å². The molecule has 0 aliphatic carbocycles. The highest BCUT2D eigenvalue weighted by Crippen LogP contribution is 2.45. The Morgan fingerprint density at radius 1 is 0.878 bits per heavy atom. The fraction of sp³-hybridized carbons (Fsp3) is 0.0769. The van der Waals surface area contributed by atoms with E-state index in [0.717, 1.165) is 16.7 Å². The molecule has 2 heterocycles. The van der Waals surface area contributed by atoms with E-state index >= 15 is 0 Å². The molecule has 8 nitrogen and oxygen atoms in total. The minimum Gasteiger partial charge on any atom is -0.497 e. The van der Waals surface area contributed by atoms with Gasteiger partial charge < -0.3 is 4.74 Å². The number of nitrogens with zero attached hydrogens (tertiary/aromatic N) is 3. The number of amides is 2. The molecule has 10 heteroatoms. The number of hydrazine groups is 1. The number of benzene rings is 5. The van der Waals surface area contributed by atoms with Crippen LogP contribution >= 0.6 is 11.8 Å². The molecule has 1 saturated heterocycles. The van der Waals surface area contributed by atoms with Crippen LogP contribution in [0.2, 0.25) is 0 Å². The van der Waals surface area contributed by atoms with Crippen molar-refractivity contribution in [2.75, 3.05) is 7.11 Å². The summed E-state index contributed by atoms with van der Waals surface area (Å²) in [7, 11) is 1.58. The number of para-hydroxylation sites is 1. The van der Waals surface area contributed by atoms with Crippen molar-refractivity contribution in [1.82, 2.24) is 20.0 Å². The van der Waals surface area contributed by atoms with Gasteiger partial charge in [0.2, 0.25) is 0 Å². The molecule has 6 aromatic rings. The van der Waals surface area contributed by atoms with Crippen molar-refractivity contribution in [1.29, 1.82) is 0 Å². The summed E-state index contributed by atoms with van der Waals surface area (Å²) < 4.78 is 20.6. The fourth-order valence-electron chi connectivity index (χ4n) is 5.55. The highest BCUT2D eigenvalue weighted by molar-refractivity contribution is 8.04. The van der Waals surface area contributed by atoms with Gasteiger partial charge in [-0.25, -0.2) is 14.4 Å². The summed E-state index contributed by atoms with van der Waals surface area (Å²) in [6.45, 7) is 1.99. The Morgan fingerprint density at radius 3 is 2.27 bits per heavy atom.